The summed E-state index contributed by atoms with van der Waals surface area (Å²) in [7, 11) is 2.80. The number of methoxy groups -OCH3 is 2. The Morgan fingerprint density at radius 2 is 1.79 bits per heavy atom. The molecule has 146 valence electrons. The van der Waals surface area contributed by atoms with Crippen LogP contribution in [0.4, 0.5) is 0 Å². The van der Waals surface area contributed by atoms with Crippen molar-refractivity contribution in [2.75, 3.05) is 14.2 Å². The highest BCUT2D eigenvalue weighted by molar-refractivity contribution is 5.86. The van der Waals surface area contributed by atoms with E-state index in [9.17, 15) is 19.8 Å². The van der Waals surface area contributed by atoms with E-state index in [0.717, 1.165) is 6.08 Å². The number of carboxylic acids is 2. The smallest absolute Gasteiger partial charge is 0.328 e. The number of fused-ring (bicyclic) bond motifs is 1. The highest BCUT2D eigenvalue weighted by Crippen LogP contribution is 2.51. The van der Waals surface area contributed by atoms with Crippen molar-refractivity contribution in [3.63, 3.8) is 0 Å². The summed E-state index contributed by atoms with van der Waals surface area (Å²) in [4.78, 5) is 22.8. The fourth-order valence-corrected chi connectivity index (χ4v) is 3.17. The number of hydrogen-bond acceptors (Lipinski definition) is 6. The van der Waals surface area contributed by atoms with Crippen molar-refractivity contribution in [2.24, 2.45) is 0 Å². The van der Waals surface area contributed by atoms with Gasteiger partial charge in [0.15, 0.2) is 23.0 Å². The van der Waals surface area contributed by atoms with Gasteiger partial charge in [-0.05, 0) is 41.5 Å². The standard InChI is InChI=1S/C20H18O8/c1-26-14-9-11(4-5-13(14)21)18-17(20(24)25)12-7-10(3-6-16(22)23)8-15(27-2)19(12)28-18/h3-9,17-18,21H,1-2H3,(H,22,23)(H,24,25)/b6-3-. The first-order valence-electron chi connectivity index (χ1n) is 8.25. The quantitative estimate of drug-likeness (QED) is 0.648. The molecule has 1 heterocycles. The molecule has 0 saturated heterocycles. The number of aliphatic carboxylic acids is 2. The van der Waals surface area contributed by atoms with Crippen LogP contribution in [0.5, 0.6) is 23.0 Å². The number of rotatable bonds is 6. The lowest BCUT2D eigenvalue weighted by Gasteiger charge is -2.17. The first-order valence-corrected chi connectivity index (χ1v) is 8.25. The molecule has 2 atom stereocenters. The molecule has 0 aromatic heterocycles. The van der Waals surface area contributed by atoms with E-state index in [-0.39, 0.29) is 17.2 Å². The van der Waals surface area contributed by atoms with Crippen LogP contribution in [0.2, 0.25) is 0 Å². The Morgan fingerprint density at radius 3 is 2.39 bits per heavy atom. The number of carbonyl (C=O) groups is 2. The summed E-state index contributed by atoms with van der Waals surface area (Å²) in [6.07, 6.45) is 1.42. The molecule has 28 heavy (non-hydrogen) atoms. The van der Waals surface area contributed by atoms with Crippen LogP contribution in [-0.2, 0) is 9.59 Å². The van der Waals surface area contributed by atoms with Gasteiger partial charge in [-0.2, -0.15) is 0 Å². The molecular weight excluding hydrogens is 368 g/mol. The van der Waals surface area contributed by atoms with Crippen molar-refractivity contribution in [2.45, 2.75) is 12.0 Å². The van der Waals surface area contributed by atoms with E-state index in [1.54, 1.807) is 18.2 Å². The van der Waals surface area contributed by atoms with Crippen LogP contribution >= 0.6 is 0 Å². The Balaban J connectivity index is 2.11. The zero-order valence-corrected chi connectivity index (χ0v) is 15.1. The second-order valence-corrected chi connectivity index (χ2v) is 6.10. The van der Waals surface area contributed by atoms with Gasteiger partial charge in [-0.1, -0.05) is 6.07 Å². The van der Waals surface area contributed by atoms with Gasteiger partial charge in [0.25, 0.3) is 0 Å². The van der Waals surface area contributed by atoms with Gasteiger partial charge in [-0.25, -0.2) is 4.79 Å². The first-order chi connectivity index (χ1) is 13.3. The average Bonchev–Trinajstić information content (AvgIpc) is 3.05. The van der Waals surface area contributed by atoms with E-state index in [2.05, 4.69) is 0 Å². The average molecular weight is 386 g/mol. The molecular formula is C20H18O8. The van der Waals surface area contributed by atoms with Crippen LogP contribution in [-0.4, -0.2) is 41.5 Å². The van der Waals surface area contributed by atoms with Crippen LogP contribution < -0.4 is 14.2 Å². The van der Waals surface area contributed by atoms with Crippen LogP contribution in [0, 0.1) is 0 Å². The number of carboxylic acid groups (broad SMARTS) is 2. The van der Waals surface area contributed by atoms with E-state index in [0.29, 0.717) is 22.4 Å². The highest BCUT2D eigenvalue weighted by Gasteiger charge is 2.42. The maximum Gasteiger partial charge on any atom is 0.328 e. The fraction of sp³-hybridized carbons (Fsp3) is 0.200. The van der Waals surface area contributed by atoms with E-state index in [4.69, 9.17) is 19.3 Å². The third-order valence-corrected chi connectivity index (χ3v) is 4.43. The zero-order chi connectivity index (χ0) is 20.4. The molecule has 0 fully saturated rings. The number of aromatic hydroxyl groups is 1. The van der Waals surface area contributed by atoms with E-state index < -0.39 is 24.0 Å². The molecule has 0 bridgehead atoms. The molecule has 3 N–H and O–H groups in total. The molecule has 0 aliphatic carbocycles. The number of hydrogen-bond donors (Lipinski definition) is 3. The molecule has 8 heteroatoms. The molecule has 2 unspecified atom stereocenters. The minimum absolute atomic E-state index is 0.0766. The molecule has 3 rings (SSSR count). The number of ether oxygens (including phenoxy) is 3. The maximum absolute atomic E-state index is 12.0. The van der Waals surface area contributed by atoms with Crippen LogP contribution in [0.15, 0.2) is 36.4 Å². The summed E-state index contributed by atoms with van der Waals surface area (Å²) in [5.74, 6) is -2.61. The normalized spacial score (nSPS) is 17.8. The lowest BCUT2D eigenvalue weighted by Crippen LogP contribution is -2.18. The van der Waals surface area contributed by atoms with Crippen LogP contribution in [0.3, 0.4) is 0 Å². The molecule has 2 aromatic rings. The van der Waals surface area contributed by atoms with Gasteiger partial charge in [0.1, 0.15) is 12.0 Å². The molecule has 0 saturated carbocycles. The largest absolute Gasteiger partial charge is 0.504 e. The van der Waals surface area contributed by atoms with Gasteiger partial charge >= 0.3 is 11.9 Å². The monoisotopic (exact) mass is 386 g/mol. The van der Waals surface area contributed by atoms with Gasteiger partial charge in [0.2, 0.25) is 0 Å². The second-order valence-electron chi connectivity index (χ2n) is 6.10. The summed E-state index contributed by atoms with van der Waals surface area (Å²) in [5.41, 5.74) is 1.34. The predicted molar refractivity (Wildman–Crippen MR) is 98.1 cm³/mol. The highest BCUT2D eigenvalue weighted by atomic mass is 16.5. The van der Waals surface area contributed by atoms with E-state index in [1.807, 2.05) is 0 Å². The number of benzene rings is 2. The molecule has 1 aliphatic heterocycles. The topological polar surface area (TPSA) is 123 Å². The molecule has 0 amide bonds. The van der Waals surface area contributed by atoms with Crippen LogP contribution in [0.25, 0.3) is 6.08 Å². The Bertz CT molecular complexity index is 963. The second kappa shape index (κ2) is 7.51. The third kappa shape index (κ3) is 3.44. The molecule has 2 aromatic carbocycles. The Kier molecular flexibility index (Phi) is 5.12. The zero-order valence-electron chi connectivity index (χ0n) is 15.1. The maximum atomic E-state index is 12.0. The Labute approximate surface area is 160 Å². The van der Waals surface area contributed by atoms with Gasteiger partial charge in [-0.3, -0.25) is 4.79 Å². The Morgan fingerprint density at radius 1 is 1.07 bits per heavy atom. The van der Waals surface area contributed by atoms with E-state index in [1.165, 1.54) is 32.4 Å². The molecule has 8 nitrogen and oxygen atoms in total. The summed E-state index contributed by atoms with van der Waals surface area (Å²) < 4.78 is 16.3. The summed E-state index contributed by atoms with van der Waals surface area (Å²) in [5, 5.41) is 28.5. The molecule has 0 radical (unpaired) electrons. The minimum Gasteiger partial charge on any atom is -0.504 e. The van der Waals surface area contributed by atoms with Gasteiger partial charge in [-0.15, -0.1) is 0 Å². The van der Waals surface area contributed by atoms with Crippen molar-refractivity contribution in [1.82, 2.24) is 0 Å². The fourth-order valence-electron chi connectivity index (χ4n) is 3.17. The number of phenolic OH excluding ortho intramolecular Hbond substituents is 1. The summed E-state index contributed by atoms with van der Waals surface area (Å²) >= 11 is 0. The summed E-state index contributed by atoms with van der Waals surface area (Å²) in [6, 6.07) is 7.60. The van der Waals surface area contributed by atoms with Gasteiger partial charge in [0.05, 0.1) is 14.2 Å². The first kappa shape index (κ1) is 19.1. The lowest BCUT2D eigenvalue weighted by atomic mass is 9.90. The van der Waals surface area contributed by atoms with Gasteiger partial charge < -0.3 is 29.5 Å². The minimum atomic E-state index is -1.13. The third-order valence-electron chi connectivity index (χ3n) is 4.43. The predicted octanol–water partition coefficient (Wildman–Crippen LogP) is 2.81. The van der Waals surface area contributed by atoms with Crippen molar-refractivity contribution >= 4 is 18.0 Å². The Hall–Kier alpha value is -3.68. The van der Waals surface area contributed by atoms with Crippen molar-refractivity contribution in [3.05, 3.63) is 53.1 Å². The van der Waals surface area contributed by atoms with E-state index >= 15 is 0 Å². The van der Waals surface area contributed by atoms with Gasteiger partial charge in [0, 0.05) is 11.6 Å². The lowest BCUT2D eigenvalue weighted by molar-refractivity contribution is -0.140. The van der Waals surface area contributed by atoms with Crippen molar-refractivity contribution in [1.29, 1.82) is 0 Å². The molecule has 0 spiro atoms. The summed E-state index contributed by atoms with van der Waals surface area (Å²) in [6.45, 7) is 0. The van der Waals surface area contributed by atoms with Crippen molar-refractivity contribution in [3.8, 4) is 23.0 Å². The molecule has 1 aliphatic rings. The number of phenols is 1. The van der Waals surface area contributed by atoms with Crippen LogP contribution in [0.1, 0.15) is 28.7 Å². The SMILES string of the molecule is COc1cc(C2Oc3c(OC)cc(/C=C\C(=O)O)cc3C2C(=O)O)ccc1O. The van der Waals surface area contributed by atoms with Crippen molar-refractivity contribution < 1.29 is 39.1 Å².